The maximum Gasteiger partial charge on any atom is 0.274 e. The molecule has 2 N–H and O–H groups in total. The van der Waals surface area contributed by atoms with E-state index in [1.54, 1.807) is 30.0 Å². The third-order valence-electron chi connectivity index (χ3n) is 4.80. The quantitative estimate of drug-likeness (QED) is 0.412. The summed E-state index contributed by atoms with van der Waals surface area (Å²) in [4.78, 5) is 23.0. The van der Waals surface area contributed by atoms with Gasteiger partial charge in [0.05, 0.1) is 5.69 Å². The van der Waals surface area contributed by atoms with Crippen LogP contribution in [0.3, 0.4) is 0 Å². The first-order valence-electron chi connectivity index (χ1n) is 9.47. The average molecular weight is 384 g/mol. The minimum Gasteiger partial charge on any atom is -0.357 e. The molecule has 1 aliphatic rings. The predicted molar refractivity (Wildman–Crippen MR) is 111 cm³/mol. The van der Waals surface area contributed by atoms with E-state index in [1.165, 1.54) is 0 Å². The number of hydrogen-bond donors (Lipinski definition) is 2. The Balaban J connectivity index is 1.64. The zero-order valence-electron chi connectivity index (χ0n) is 15.8. The van der Waals surface area contributed by atoms with Gasteiger partial charge in [0.15, 0.2) is 0 Å². The number of pyridine rings is 2. The number of amides is 1. The Morgan fingerprint density at radius 3 is 2.48 bits per heavy atom. The van der Waals surface area contributed by atoms with Crippen molar-refractivity contribution >= 4 is 11.7 Å². The summed E-state index contributed by atoms with van der Waals surface area (Å²) in [7, 11) is 0. The highest BCUT2D eigenvalue weighted by atomic mass is 16.5. The van der Waals surface area contributed by atoms with E-state index in [4.69, 9.17) is 10.2 Å². The summed E-state index contributed by atoms with van der Waals surface area (Å²) >= 11 is 0. The second-order valence-corrected chi connectivity index (χ2v) is 6.80. The average Bonchev–Trinajstić information content (AvgIpc) is 3.33. The third-order valence-corrected chi connectivity index (χ3v) is 4.80. The number of carbonyl (C=O) groups is 1. The minimum absolute atomic E-state index is 0.375. The van der Waals surface area contributed by atoms with Gasteiger partial charge in [-0.1, -0.05) is 24.0 Å². The Morgan fingerprint density at radius 2 is 1.79 bits per heavy atom. The van der Waals surface area contributed by atoms with Crippen LogP contribution in [0.15, 0.2) is 60.9 Å². The summed E-state index contributed by atoms with van der Waals surface area (Å²) in [5.74, 6) is 6.40. The molecule has 3 heterocycles. The van der Waals surface area contributed by atoms with Gasteiger partial charge < -0.3 is 4.90 Å². The van der Waals surface area contributed by atoms with Crippen molar-refractivity contribution < 1.29 is 10.0 Å². The Bertz CT molecular complexity index is 1060. The molecule has 29 heavy (non-hydrogen) atoms. The molecular formula is C23H20N4O2. The van der Waals surface area contributed by atoms with Gasteiger partial charge in [0, 0.05) is 47.7 Å². The number of hydrogen-bond acceptors (Lipinski definition) is 5. The lowest BCUT2D eigenvalue weighted by Gasteiger charge is -2.18. The van der Waals surface area contributed by atoms with Crippen molar-refractivity contribution in [3.05, 3.63) is 77.6 Å². The van der Waals surface area contributed by atoms with Crippen LogP contribution in [0.25, 0.3) is 11.3 Å². The molecule has 0 unspecified atom stereocenters. The zero-order valence-corrected chi connectivity index (χ0v) is 15.8. The molecule has 0 saturated carbocycles. The van der Waals surface area contributed by atoms with Crippen molar-refractivity contribution in [2.24, 2.45) is 0 Å². The summed E-state index contributed by atoms with van der Waals surface area (Å²) in [6, 6.07) is 14.9. The molecule has 1 saturated heterocycles. The second-order valence-electron chi connectivity index (χ2n) is 6.80. The lowest BCUT2D eigenvalue weighted by Crippen LogP contribution is -2.22. The van der Waals surface area contributed by atoms with Crippen molar-refractivity contribution in [3.63, 3.8) is 0 Å². The van der Waals surface area contributed by atoms with E-state index in [0.717, 1.165) is 48.4 Å². The summed E-state index contributed by atoms with van der Waals surface area (Å²) in [5.41, 5.74) is 5.38. The van der Waals surface area contributed by atoms with E-state index >= 15 is 0 Å². The van der Waals surface area contributed by atoms with Gasteiger partial charge in [-0.2, -0.15) is 0 Å². The van der Waals surface area contributed by atoms with Gasteiger partial charge in [-0.3, -0.25) is 15.0 Å². The van der Waals surface area contributed by atoms with E-state index < -0.39 is 5.91 Å². The molecule has 6 nitrogen and oxygen atoms in total. The lowest BCUT2D eigenvalue weighted by atomic mass is 10.1. The van der Waals surface area contributed by atoms with Gasteiger partial charge in [0.25, 0.3) is 5.91 Å². The van der Waals surface area contributed by atoms with Gasteiger partial charge in [-0.25, -0.2) is 10.5 Å². The highest BCUT2D eigenvalue weighted by molar-refractivity contribution is 5.95. The highest BCUT2D eigenvalue weighted by Gasteiger charge is 2.17. The van der Waals surface area contributed by atoms with Crippen LogP contribution in [0.5, 0.6) is 0 Å². The first kappa shape index (κ1) is 18.7. The molecule has 144 valence electrons. The smallest absolute Gasteiger partial charge is 0.274 e. The van der Waals surface area contributed by atoms with Crippen LogP contribution in [0.1, 0.15) is 34.3 Å². The first-order valence-corrected chi connectivity index (χ1v) is 9.47. The predicted octanol–water partition coefficient (Wildman–Crippen LogP) is 3.26. The summed E-state index contributed by atoms with van der Waals surface area (Å²) in [6.07, 6.45) is 5.66. The number of anilines is 1. The van der Waals surface area contributed by atoms with Crippen molar-refractivity contribution in [1.29, 1.82) is 0 Å². The monoisotopic (exact) mass is 384 g/mol. The zero-order chi connectivity index (χ0) is 20.1. The maximum atomic E-state index is 12.0. The van der Waals surface area contributed by atoms with Gasteiger partial charge >= 0.3 is 0 Å². The lowest BCUT2D eigenvalue weighted by molar-refractivity contribution is 0.0706. The van der Waals surface area contributed by atoms with Crippen molar-refractivity contribution in [3.8, 4) is 23.1 Å². The number of benzene rings is 1. The molecule has 0 bridgehead atoms. The maximum absolute atomic E-state index is 12.0. The van der Waals surface area contributed by atoms with Crippen molar-refractivity contribution in [2.45, 2.75) is 12.8 Å². The fourth-order valence-electron chi connectivity index (χ4n) is 3.27. The molecule has 0 radical (unpaired) electrons. The molecular weight excluding hydrogens is 364 g/mol. The molecule has 0 spiro atoms. The van der Waals surface area contributed by atoms with Crippen LogP contribution in [0, 0.1) is 11.8 Å². The first-order chi connectivity index (χ1) is 14.2. The van der Waals surface area contributed by atoms with Gasteiger partial charge in [-0.05, 0) is 49.2 Å². The van der Waals surface area contributed by atoms with Crippen LogP contribution in [-0.2, 0) is 0 Å². The summed E-state index contributed by atoms with van der Waals surface area (Å²) in [6.45, 7) is 1.83. The molecule has 1 aromatic carbocycles. The van der Waals surface area contributed by atoms with Crippen molar-refractivity contribution in [1.82, 2.24) is 15.4 Å². The largest absolute Gasteiger partial charge is 0.357 e. The molecule has 1 fully saturated rings. The van der Waals surface area contributed by atoms with E-state index in [-0.39, 0.29) is 0 Å². The number of rotatable bonds is 3. The van der Waals surface area contributed by atoms with Crippen LogP contribution in [-0.4, -0.2) is 34.2 Å². The van der Waals surface area contributed by atoms with Crippen LogP contribution >= 0.6 is 0 Å². The Labute approximate surface area is 169 Å². The molecule has 1 amide bonds. The topological polar surface area (TPSA) is 78.3 Å². The molecule has 4 rings (SSSR count). The van der Waals surface area contributed by atoms with Gasteiger partial charge in [0.2, 0.25) is 0 Å². The van der Waals surface area contributed by atoms with E-state index in [9.17, 15) is 4.79 Å². The van der Waals surface area contributed by atoms with Crippen molar-refractivity contribution in [2.75, 3.05) is 18.0 Å². The normalized spacial score (nSPS) is 12.9. The second kappa shape index (κ2) is 8.55. The number of carbonyl (C=O) groups excluding carboxylic acids is 1. The standard InChI is InChI=1S/C23H20N4O2/c28-23(26-29)20-14-21(25-22(15-20)27-12-1-2-13-27)19-9-7-17(8-10-19)5-6-18-4-3-11-24-16-18/h3-4,7-11,14-16,29H,1-2,12-13H2,(H,26,28). The minimum atomic E-state index is -0.548. The Kier molecular flexibility index (Phi) is 5.50. The molecule has 3 aromatic rings. The van der Waals surface area contributed by atoms with E-state index in [2.05, 4.69) is 21.7 Å². The van der Waals surface area contributed by atoms with Gasteiger partial charge in [0.1, 0.15) is 5.82 Å². The van der Waals surface area contributed by atoms with Gasteiger partial charge in [-0.15, -0.1) is 0 Å². The van der Waals surface area contributed by atoms with Crippen LogP contribution in [0.4, 0.5) is 5.82 Å². The highest BCUT2D eigenvalue weighted by Crippen LogP contribution is 2.25. The third kappa shape index (κ3) is 4.42. The molecule has 6 heteroatoms. The van der Waals surface area contributed by atoms with Crippen LogP contribution in [0.2, 0.25) is 0 Å². The molecule has 1 aliphatic heterocycles. The molecule has 2 aromatic heterocycles. The fourth-order valence-corrected chi connectivity index (χ4v) is 3.27. The molecule has 0 aliphatic carbocycles. The fraction of sp³-hybridized carbons (Fsp3) is 0.174. The Hall–Kier alpha value is -3.69. The van der Waals surface area contributed by atoms with Crippen LogP contribution < -0.4 is 10.4 Å². The van der Waals surface area contributed by atoms with E-state index in [0.29, 0.717) is 11.3 Å². The summed E-state index contributed by atoms with van der Waals surface area (Å²) < 4.78 is 0. The number of nitrogens with one attached hydrogen (secondary N) is 1. The molecule has 0 atom stereocenters. The van der Waals surface area contributed by atoms with E-state index in [1.807, 2.05) is 36.4 Å². The number of hydroxylamine groups is 1. The number of nitrogens with zero attached hydrogens (tertiary/aromatic N) is 3. The number of aromatic nitrogens is 2. The SMILES string of the molecule is O=C(NO)c1cc(-c2ccc(C#Cc3cccnc3)cc2)nc(N2CCCC2)c1. The Morgan fingerprint density at radius 1 is 1.03 bits per heavy atom. The summed E-state index contributed by atoms with van der Waals surface area (Å²) in [5, 5.41) is 9.04.